The fraction of sp³-hybridized carbons (Fsp3) is 0.211. The van der Waals surface area contributed by atoms with Crippen LogP contribution in [-0.2, 0) is 16.9 Å². The van der Waals surface area contributed by atoms with E-state index < -0.39 is 11.4 Å². The van der Waals surface area contributed by atoms with E-state index in [1.807, 2.05) is 49.4 Å². The molecule has 2 N–H and O–H groups in total. The molecule has 49 heavy (non-hydrogen) atoms. The van der Waals surface area contributed by atoms with Gasteiger partial charge in [-0.1, -0.05) is 47.6 Å². The van der Waals surface area contributed by atoms with Gasteiger partial charge in [0.2, 0.25) is 6.39 Å². The summed E-state index contributed by atoms with van der Waals surface area (Å²) in [5.41, 5.74) is 3.24. The summed E-state index contributed by atoms with van der Waals surface area (Å²) in [5.74, 6) is 0.124. The van der Waals surface area contributed by atoms with E-state index in [9.17, 15) is 14.0 Å². The zero-order valence-corrected chi connectivity index (χ0v) is 26.9. The van der Waals surface area contributed by atoms with Crippen LogP contribution >= 0.6 is 0 Å². The minimum Gasteiger partial charge on any atom is -0.493 e. The molecule has 0 aliphatic heterocycles. The van der Waals surface area contributed by atoms with Gasteiger partial charge in [-0.05, 0) is 60.5 Å². The van der Waals surface area contributed by atoms with Gasteiger partial charge in [0.15, 0.2) is 5.82 Å². The third-order valence-corrected chi connectivity index (χ3v) is 8.71. The maximum atomic E-state index is 13.8. The fourth-order valence-electron chi connectivity index (χ4n) is 6.24. The first-order chi connectivity index (χ1) is 23.9. The molecule has 1 fully saturated rings. The van der Waals surface area contributed by atoms with E-state index >= 15 is 0 Å². The van der Waals surface area contributed by atoms with Crippen molar-refractivity contribution < 1.29 is 32.4 Å². The molecule has 0 spiro atoms. The van der Waals surface area contributed by atoms with Crippen LogP contribution in [0.1, 0.15) is 51.9 Å². The molecule has 0 unspecified atom stereocenters. The molecule has 10 nitrogen and oxygen atoms in total. The number of carbonyl (C=O) groups excluding carboxylic acids is 2. The van der Waals surface area contributed by atoms with Crippen LogP contribution in [0.2, 0.25) is 0 Å². The van der Waals surface area contributed by atoms with E-state index in [1.165, 1.54) is 25.6 Å². The number of hydrogen-bond donors (Lipinski definition) is 2. The molecule has 2 aromatic heterocycles. The number of amides is 2. The molecule has 0 radical (unpaired) electrons. The van der Waals surface area contributed by atoms with Gasteiger partial charge < -0.3 is 29.0 Å². The van der Waals surface area contributed by atoms with Crippen LogP contribution in [0.15, 0.2) is 106 Å². The highest BCUT2D eigenvalue weighted by molar-refractivity contribution is 6.12. The zero-order valence-electron chi connectivity index (χ0n) is 26.9. The summed E-state index contributed by atoms with van der Waals surface area (Å²) < 4.78 is 37.1. The van der Waals surface area contributed by atoms with E-state index in [1.54, 1.807) is 36.4 Å². The highest BCUT2D eigenvalue weighted by Crippen LogP contribution is 2.43. The lowest BCUT2D eigenvalue weighted by molar-refractivity contribution is -0.0669. The smallest absolute Gasteiger partial charge is 0.255 e. The number of benzene rings is 4. The van der Waals surface area contributed by atoms with Crippen molar-refractivity contribution in [3.05, 3.63) is 126 Å². The number of aromatic nitrogens is 2. The Hall–Kier alpha value is -5.81. The molecular formula is C38H33FN4O6. The second-order valence-electron chi connectivity index (χ2n) is 11.9. The molecule has 0 bridgehead atoms. The first kappa shape index (κ1) is 31.8. The summed E-state index contributed by atoms with van der Waals surface area (Å²) >= 11 is 0. The first-order valence-electron chi connectivity index (χ1n) is 15.9. The molecule has 1 saturated carbocycles. The lowest BCUT2D eigenvalue weighted by Crippen LogP contribution is -2.58. The fourth-order valence-corrected chi connectivity index (χ4v) is 6.24. The summed E-state index contributed by atoms with van der Waals surface area (Å²) in [6.45, 7) is 2.69. The van der Waals surface area contributed by atoms with Crippen molar-refractivity contribution in [3.8, 4) is 28.2 Å². The topological polar surface area (TPSA) is 129 Å². The number of hydrogen-bond acceptors (Lipinski definition) is 8. The van der Waals surface area contributed by atoms with E-state index in [4.69, 9.17) is 18.4 Å². The average Bonchev–Trinajstić information content (AvgIpc) is 3.78. The second kappa shape index (κ2) is 13.4. The molecule has 2 amide bonds. The van der Waals surface area contributed by atoms with Gasteiger partial charge in [-0.2, -0.15) is 4.98 Å². The molecule has 0 saturated heterocycles. The lowest BCUT2D eigenvalue weighted by Gasteiger charge is -2.45. The number of nitrogens with one attached hydrogen (secondary N) is 2. The second-order valence-corrected chi connectivity index (χ2v) is 11.9. The Balaban J connectivity index is 1.20. The molecule has 7 rings (SSSR count). The Bertz CT molecular complexity index is 2110. The predicted molar refractivity (Wildman–Crippen MR) is 179 cm³/mol. The van der Waals surface area contributed by atoms with E-state index in [-0.39, 0.29) is 17.9 Å². The monoisotopic (exact) mass is 660 g/mol. The third-order valence-electron chi connectivity index (χ3n) is 8.71. The van der Waals surface area contributed by atoms with Crippen molar-refractivity contribution in [3.63, 3.8) is 0 Å². The quantitative estimate of drug-likeness (QED) is 0.151. The minimum absolute atomic E-state index is 0.102. The van der Waals surface area contributed by atoms with Crippen molar-refractivity contribution in [2.24, 2.45) is 0 Å². The van der Waals surface area contributed by atoms with E-state index in [0.29, 0.717) is 82.2 Å². The van der Waals surface area contributed by atoms with Crippen molar-refractivity contribution in [2.45, 2.75) is 38.0 Å². The van der Waals surface area contributed by atoms with Crippen LogP contribution in [0, 0.1) is 5.82 Å². The summed E-state index contributed by atoms with van der Waals surface area (Å²) in [5, 5.41) is 10.4. The van der Waals surface area contributed by atoms with Gasteiger partial charge in [-0.15, -0.1) is 0 Å². The first-order valence-corrected chi connectivity index (χ1v) is 15.9. The molecule has 0 atom stereocenters. The van der Waals surface area contributed by atoms with E-state index in [0.717, 1.165) is 5.56 Å². The van der Waals surface area contributed by atoms with E-state index in [2.05, 4.69) is 20.8 Å². The summed E-state index contributed by atoms with van der Waals surface area (Å²) in [6.07, 6.45) is 2.11. The number of fused-ring (bicyclic) bond motifs is 1. The molecule has 11 heteroatoms. The molecular weight excluding hydrogens is 627 g/mol. The molecule has 4 aromatic carbocycles. The number of rotatable bonds is 11. The van der Waals surface area contributed by atoms with Crippen LogP contribution in [0.25, 0.3) is 33.4 Å². The Morgan fingerprint density at radius 1 is 0.959 bits per heavy atom. The van der Waals surface area contributed by atoms with Crippen molar-refractivity contribution >= 4 is 22.8 Å². The standard InChI is InChI=1S/C38H33FN4O6/c1-3-46-31-18-32-30(33(36(45)40-2)34(49-32)24-12-14-27(39)15-13-24)17-29(31)25-10-7-11-26(16-25)35(44)42-38(37-41-22-48-43-37)19-28(20-38)47-21-23-8-5-4-6-9-23/h4-18,22,28H,3,19-21H2,1-2H3,(H,40,45)(H,42,44). The number of halogens is 1. The molecule has 2 heterocycles. The maximum Gasteiger partial charge on any atom is 0.255 e. The molecule has 6 aromatic rings. The maximum absolute atomic E-state index is 13.8. The highest BCUT2D eigenvalue weighted by atomic mass is 19.1. The Kier molecular flexibility index (Phi) is 8.66. The third kappa shape index (κ3) is 6.28. The van der Waals surface area contributed by atoms with Gasteiger partial charge in [0.05, 0.1) is 24.9 Å². The lowest BCUT2D eigenvalue weighted by atomic mass is 9.73. The Morgan fingerprint density at radius 2 is 1.76 bits per heavy atom. The Labute approximate surface area is 281 Å². The van der Waals surface area contributed by atoms with Gasteiger partial charge in [0.1, 0.15) is 28.4 Å². The van der Waals surface area contributed by atoms with Gasteiger partial charge >= 0.3 is 0 Å². The van der Waals surface area contributed by atoms with Crippen molar-refractivity contribution in [1.82, 2.24) is 20.8 Å². The molecule has 1 aliphatic carbocycles. The van der Waals surface area contributed by atoms with Crippen LogP contribution < -0.4 is 15.4 Å². The highest BCUT2D eigenvalue weighted by Gasteiger charge is 2.50. The van der Waals surface area contributed by atoms with Gasteiger partial charge in [0, 0.05) is 48.0 Å². The summed E-state index contributed by atoms with van der Waals surface area (Å²) in [7, 11) is 1.54. The van der Waals surface area contributed by atoms with Crippen LogP contribution in [0.3, 0.4) is 0 Å². The SMILES string of the molecule is CCOc1cc2oc(-c3ccc(F)cc3)c(C(=O)NC)c2cc1-c1cccc(C(=O)NC2(c3ncon3)CC(OCc3ccccc3)C2)c1. The van der Waals surface area contributed by atoms with Crippen LogP contribution in [0.5, 0.6) is 5.75 Å². The Morgan fingerprint density at radius 3 is 2.47 bits per heavy atom. The minimum atomic E-state index is -0.854. The average molecular weight is 661 g/mol. The van der Waals surface area contributed by atoms with Crippen LogP contribution in [0.4, 0.5) is 4.39 Å². The van der Waals surface area contributed by atoms with Crippen molar-refractivity contribution in [2.75, 3.05) is 13.7 Å². The normalized spacial score (nSPS) is 17.0. The largest absolute Gasteiger partial charge is 0.493 e. The number of nitrogens with zero attached hydrogens (tertiary/aromatic N) is 2. The summed E-state index contributed by atoms with van der Waals surface area (Å²) in [6, 6.07) is 26.4. The van der Waals surface area contributed by atoms with Crippen LogP contribution in [-0.4, -0.2) is 41.7 Å². The number of ether oxygens (including phenoxy) is 2. The van der Waals surface area contributed by atoms with Gasteiger partial charge in [0.25, 0.3) is 11.8 Å². The van der Waals surface area contributed by atoms with Gasteiger partial charge in [-0.3, -0.25) is 9.59 Å². The predicted octanol–water partition coefficient (Wildman–Crippen LogP) is 7.05. The molecule has 248 valence electrons. The number of carbonyl (C=O) groups is 2. The van der Waals surface area contributed by atoms with Gasteiger partial charge in [-0.25, -0.2) is 4.39 Å². The molecule has 1 aliphatic rings. The zero-order chi connectivity index (χ0) is 34.0. The van der Waals surface area contributed by atoms with Crippen molar-refractivity contribution in [1.29, 1.82) is 0 Å². The number of furan rings is 1. The summed E-state index contributed by atoms with van der Waals surface area (Å²) in [4.78, 5) is 31.3.